The molecule has 0 spiro atoms. The minimum Gasteiger partial charge on any atom is -0.354 e. The fourth-order valence-corrected chi connectivity index (χ4v) is 3.34. The predicted octanol–water partition coefficient (Wildman–Crippen LogP) is 1.53. The minimum atomic E-state index is 0.0690. The van der Waals surface area contributed by atoms with Crippen molar-refractivity contribution in [3.8, 4) is 6.07 Å². The van der Waals surface area contributed by atoms with Gasteiger partial charge in [-0.15, -0.1) is 0 Å². The first-order chi connectivity index (χ1) is 8.79. The molecule has 0 aromatic heterocycles. The third-order valence-electron chi connectivity index (χ3n) is 4.30. The molecule has 1 aliphatic heterocycles. The van der Waals surface area contributed by atoms with E-state index in [1.54, 1.807) is 0 Å². The van der Waals surface area contributed by atoms with E-state index in [1.165, 1.54) is 32.1 Å². The van der Waals surface area contributed by atoms with Gasteiger partial charge in [-0.2, -0.15) is 5.26 Å². The molecule has 1 saturated heterocycles. The van der Waals surface area contributed by atoms with E-state index in [0.29, 0.717) is 19.5 Å². The smallest absolute Gasteiger partial charge is 0.234 e. The molecule has 2 rings (SSSR count). The molecule has 1 saturated carbocycles. The number of amides is 1. The molecule has 2 fully saturated rings. The summed E-state index contributed by atoms with van der Waals surface area (Å²) < 4.78 is 0. The topological polar surface area (TPSA) is 56.1 Å². The van der Waals surface area contributed by atoms with Gasteiger partial charge in [-0.1, -0.05) is 19.3 Å². The molecule has 18 heavy (non-hydrogen) atoms. The molecule has 0 bridgehead atoms. The number of carbonyl (C=O) groups excluding carboxylic acids is 1. The van der Waals surface area contributed by atoms with E-state index in [0.717, 1.165) is 24.9 Å². The number of rotatable bonds is 4. The molecule has 4 nitrogen and oxygen atoms in total. The van der Waals surface area contributed by atoms with E-state index in [4.69, 9.17) is 5.26 Å². The summed E-state index contributed by atoms with van der Waals surface area (Å²) in [6.07, 6.45) is 7.16. The lowest BCUT2D eigenvalue weighted by Crippen LogP contribution is -2.46. The van der Waals surface area contributed by atoms with E-state index in [9.17, 15) is 4.79 Å². The van der Waals surface area contributed by atoms with Crippen LogP contribution < -0.4 is 5.32 Å². The Labute approximate surface area is 109 Å². The summed E-state index contributed by atoms with van der Waals surface area (Å²) in [5.74, 6) is 1.80. The Morgan fingerprint density at radius 2 is 2.06 bits per heavy atom. The first-order valence-corrected chi connectivity index (χ1v) is 7.15. The molecule has 2 atom stereocenters. The van der Waals surface area contributed by atoms with Crippen molar-refractivity contribution in [3.05, 3.63) is 0 Å². The molecule has 100 valence electrons. The van der Waals surface area contributed by atoms with Gasteiger partial charge in [0.1, 0.15) is 0 Å². The van der Waals surface area contributed by atoms with Gasteiger partial charge in [0, 0.05) is 13.1 Å². The summed E-state index contributed by atoms with van der Waals surface area (Å²) in [5.41, 5.74) is 0. The van der Waals surface area contributed by atoms with Gasteiger partial charge in [0.2, 0.25) is 5.91 Å². The van der Waals surface area contributed by atoms with E-state index in [2.05, 4.69) is 10.2 Å². The van der Waals surface area contributed by atoms with Crippen LogP contribution in [0.2, 0.25) is 0 Å². The molecule has 2 aliphatic rings. The zero-order valence-electron chi connectivity index (χ0n) is 11.0. The van der Waals surface area contributed by atoms with E-state index >= 15 is 0 Å². The molecule has 4 heteroatoms. The van der Waals surface area contributed by atoms with Crippen LogP contribution in [0.3, 0.4) is 0 Å². The van der Waals surface area contributed by atoms with E-state index in [-0.39, 0.29) is 5.91 Å². The van der Waals surface area contributed by atoms with Crippen LogP contribution in [0.15, 0.2) is 0 Å². The van der Waals surface area contributed by atoms with Crippen LogP contribution in [0.5, 0.6) is 0 Å². The molecular weight excluding hydrogens is 226 g/mol. The number of piperidine rings is 1. The van der Waals surface area contributed by atoms with Crippen LogP contribution in [0, 0.1) is 23.2 Å². The maximum atomic E-state index is 11.7. The van der Waals surface area contributed by atoms with Gasteiger partial charge in [-0.3, -0.25) is 9.69 Å². The number of carbonyl (C=O) groups is 1. The van der Waals surface area contributed by atoms with Gasteiger partial charge in [0.05, 0.1) is 19.0 Å². The van der Waals surface area contributed by atoms with Gasteiger partial charge < -0.3 is 5.32 Å². The van der Waals surface area contributed by atoms with Crippen molar-refractivity contribution in [2.24, 2.45) is 11.8 Å². The second kappa shape index (κ2) is 6.75. The average molecular weight is 249 g/mol. The van der Waals surface area contributed by atoms with Crippen LogP contribution in [-0.2, 0) is 4.79 Å². The van der Waals surface area contributed by atoms with Gasteiger partial charge in [0.25, 0.3) is 0 Å². The van der Waals surface area contributed by atoms with Gasteiger partial charge in [-0.25, -0.2) is 0 Å². The number of fused-ring (bicyclic) bond motifs is 1. The van der Waals surface area contributed by atoms with Gasteiger partial charge in [-0.05, 0) is 31.2 Å². The fourth-order valence-electron chi connectivity index (χ4n) is 3.34. The maximum absolute atomic E-state index is 11.7. The van der Waals surface area contributed by atoms with Crippen molar-refractivity contribution in [1.29, 1.82) is 5.26 Å². The number of nitriles is 1. The fraction of sp³-hybridized carbons (Fsp3) is 0.857. The first kappa shape index (κ1) is 13.4. The maximum Gasteiger partial charge on any atom is 0.234 e. The summed E-state index contributed by atoms with van der Waals surface area (Å²) >= 11 is 0. The van der Waals surface area contributed by atoms with E-state index < -0.39 is 0 Å². The Balaban J connectivity index is 1.70. The highest BCUT2D eigenvalue weighted by molar-refractivity contribution is 5.78. The zero-order chi connectivity index (χ0) is 12.8. The summed E-state index contributed by atoms with van der Waals surface area (Å²) in [4.78, 5) is 14.0. The Bertz CT molecular complexity index is 323. The zero-order valence-corrected chi connectivity index (χ0v) is 11.0. The molecule has 0 unspecified atom stereocenters. The first-order valence-electron chi connectivity index (χ1n) is 7.15. The lowest BCUT2D eigenvalue weighted by molar-refractivity contribution is -0.122. The van der Waals surface area contributed by atoms with Crippen molar-refractivity contribution >= 4 is 5.91 Å². The second-order valence-corrected chi connectivity index (χ2v) is 5.59. The Morgan fingerprint density at radius 3 is 2.83 bits per heavy atom. The summed E-state index contributed by atoms with van der Waals surface area (Å²) in [5, 5.41) is 11.2. The minimum absolute atomic E-state index is 0.0690. The highest BCUT2D eigenvalue weighted by Gasteiger charge is 2.31. The largest absolute Gasteiger partial charge is 0.354 e. The second-order valence-electron chi connectivity index (χ2n) is 5.59. The highest BCUT2D eigenvalue weighted by atomic mass is 16.2. The number of nitrogens with zero attached hydrogens (tertiary/aromatic N) is 2. The van der Waals surface area contributed by atoms with Crippen LogP contribution in [0.25, 0.3) is 0 Å². The molecule has 1 amide bonds. The van der Waals surface area contributed by atoms with Crippen LogP contribution in [0.4, 0.5) is 0 Å². The third-order valence-corrected chi connectivity index (χ3v) is 4.30. The lowest BCUT2D eigenvalue weighted by atomic mass is 9.75. The van der Waals surface area contributed by atoms with Crippen molar-refractivity contribution in [1.82, 2.24) is 10.2 Å². The number of nitrogens with one attached hydrogen (secondary N) is 1. The molecule has 1 heterocycles. The molecule has 1 aliphatic carbocycles. The Morgan fingerprint density at radius 1 is 1.28 bits per heavy atom. The monoisotopic (exact) mass is 249 g/mol. The quantitative estimate of drug-likeness (QED) is 0.769. The Hall–Kier alpha value is -1.08. The number of likely N-dealkylation sites (tertiary alicyclic amines) is 1. The van der Waals surface area contributed by atoms with Crippen LogP contribution in [-0.4, -0.2) is 37.0 Å². The van der Waals surface area contributed by atoms with E-state index in [1.807, 2.05) is 6.07 Å². The highest BCUT2D eigenvalue weighted by Crippen LogP contribution is 2.35. The summed E-state index contributed by atoms with van der Waals surface area (Å²) in [6.45, 7) is 3.15. The predicted molar refractivity (Wildman–Crippen MR) is 69.7 cm³/mol. The van der Waals surface area contributed by atoms with Gasteiger partial charge >= 0.3 is 0 Å². The summed E-state index contributed by atoms with van der Waals surface area (Å²) in [7, 11) is 0. The molecule has 1 N–H and O–H groups in total. The number of hydrogen-bond acceptors (Lipinski definition) is 3. The SMILES string of the molecule is N#CCCNC(=O)CN1CC[C@H]2CCCC[C@@H]2C1. The third kappa shape index (κ3) is 3.71. The summed E-state index contributed by atoms with van der Waals surface area (Å²) in [6, 6.07) is 2.04. The molecule has 0 aromatic carbocycles. The van der Waals surface area contributed by atoms with Crippen molar-refractivity contribution in [2.75, 3.05) is 26.2 Å². The standard InChI is InChI=1S/C14H23N3O/c15-7-3-8-16-14(18)11-17-9-6-12-4-1-2-5-13(12)10-17/h12-13H,1-6,8-11H2,(H,16,18)/t12-,13-/m1/s1. The van der Waals surface area contributed by atoms with Crippen LogP contribution >= 0.6 is 0 Å². The van der Waals surface area contributed by atoms with Gasteiger partial charge in [0.15, 0.2) is 0 Å². The molecule has 0 aromatic rings. The van der Waals surface area contributed by atoms with Crippen molar-refractivity contribution < 1.29 is 4.79 Å². The Kier molecular flexibility index (Phi) is 5.00. The van der Waals surface area contributed by atoms with Crippen LogP contribution in [0.1, 0.15) is 38.5 Å². The molecule has 0 radical (unpaired) electrons. The van der Waals surface area contributed by atoms with Crippen molar-refractivity contribution in [3.63, 3.8) is 0 Å². The lowest BCUT2D eigenvalue weighted by Gasteiger charge is -2.41. The normalized spacial score (nSPS) is 28.2. The van der Waals surface area contributed by atoms with Crippen molar-refractivity contribution in [2.45, 2.75) is 38.5 Å². The number of hydrogen-bond donors (Lipinski definition) is 1. The molecular formula is C14H23N3O. The average Bonchev–Trinajstić information content (AvgIpc) is 2.39.